The van der Waals surface area contributed by atoms with E-state index in [9.17, 15) is 9.90 Å². The van der Waals surface area contributed by atoms with Crippen LogP contribution < -0.4 is 5.01 Å². The first kappa shape index (κ1) is 12.6. The van der Waals surface area contributed by atoms with Gasteiger partial charge in [0.2, 0.25) is 0 Å². The Labute approximate surface area is 109 Å². The maximum atomic E-state index is 10.8. The number of halogens is 1. The van der Waals surface area contributed by atoms with Crippen molar-refractivity contribution in [2.24, 2.45) is 5.10 Å². The summed E-state index contributed by atoms with van der Waals surface area (Å²) in [6.45, 7) is 2.12. The van der Waals surface area contributed by atoms with Crippen LogP contribution in [0.15, 0.2) is 34.9 Å². The van der Waals surface area contributed by atoms with Gasteiger partial charge >= 0.3 is 0 Å². The van der Waals surface area contributed by atoms with Crippen LogP contribution in [-0.2, 0) is 9.53 Å². The van der Waals surface area contributed by atoms with Crippen LogP contribution in [0.3, 0.4) is 0 Å². The molecule has 1 heterocycles. The molecule has 1 aliphatic rings. The van der Waals surface area contributed by atoms with Crippen LogP contribution in [0.2, 0.25) is 5.02 Å². The van der Waals surface area contributed by atoms with Gasteiger partial charge in [-0.2, -0.15) is 0 Å². The minimum atomic E-state index is -1.19. The number of hydrogen-bond acceptors (Lipinski definition) is 5. The van der Waals surface area contributed by atoms with E-state index in [4.69, 9.17) is 16.3 Å². The highest BCUT2D eigenvalue weighted by Crippen LogP contribution is 2.26. The molecule has 18 heavy (non-hydrogen) atoms. The summed E-state index contributed by atoms with van der Waals surface area (Å²) in [5, 5.41) is 15.9. The molecule has 1 aromatic rings. The van der Waals surface area contributed by atoms with Gasteiger partial charge in [-0.3, -0.25) is 0 Å². The number of hydrogen-bond donors (Lipinski definition) is 1. The third-order valence-electron chi connectivity index (χ3n) is 2.40. The van der Waals surface area contributed by atoms with Gasteiger partial charge in [-0.15, -0.1) is 5.10 Å². The number of benzene rings is 1. The van der Waals surface area contributed by atoms with E-state index in [1.165, 1.54) is 5.01 Å². The van der Waals surface area contributed by atoms with Crippen molar-refractivity contribution < 1.29 is 14.6 Å². The molecular weight excluding hydrogens is 256 g/mol. The molecule has 5 nitrogen and oxygen atoms in total. The van der Waals surface area contributed by atoms with Gasteiger partial charge < -0.3 is 9.84 Å². The summed E-state index contributed by atoms with van der Waals surface area (Å²) in [7, 11) is 0. The average molecular weight is 267 g/mol. The first-order valence-corrected chi connectivity index (χ1v) is 5.74. The first-order valence-electron chi connectivity index (χ1n) is 5.37. The number of hydrazone groups is 1. The lowest BCUT2D eigenvalue weighted by molar-refractivity contribution is 0.217. The van der Waals surface area contributed by atoms with Gasteiger partial charge in [-0.05, 0) is 31.2 Å². The Hall–Kier alpha value is -1.81. The predicted molar refractivity (Wildman–Crippen MR) is 68.2 cm³/mol. The summed E-state index contributed by atoms with van der Waals surface area (Å²) >= 11 is 5.78. The molecule has 0 aliphatic carbocycles. The molecule has 1 aliphatic heterocycles. The van der Waals surface area contributed by atoms with Crippen molar-refractivity contribution in [1.82, 2.24) is 0 Å². The van der Waals surface area contributed by atoms with E-state index in [2.05, 4.69) is 5.10 Å². The largest absolute Gasteiger partial charge is 0.476 e. The minimum absolute atomic E-state index is 0.00759. The molecule has 6 heteroatoms. The van der Waals surface area contributed by atoms with Gasteiger partial charge in [-0.25, -0.2) is 9.80 Å². The fourth-order valence-corrected chi connectivity index (χ4v) is 1.70. The maximum absolute atomic E-state index is 10.8. The standard InChI is InChI=1S/C12H11ClN2O3/c1-2-18-11-10(7-16)12(17)15(14-11)9-5-3-8(13)4-6-9/h3-6,12,17H,2H2,1H3. The van der Waals surface area contributed by atoms with Crippen LogP contribution in [0.1, 0.15) is 6.92 Å². The Morgan fingerprint density at radius 3 is 2.72 bits per heavy atom. The second kappa shape index (κ2) is 5.23. The molecule has 0 aromatic heterocycles. The minimum Gasteiger partial charge on any atom is -0.476 e. The van der Waals surface area contributed by atoms with Gasteiger partial charge in [0, 0.05) is 5.02 Å². The van der Waals surface area contributed by atoms with E-state index >= 15 is 0 Å². The second-order valence-electron chi connectivity index (χ2n) is 3.55. The molecule has 0 saturated carbocycles. The molecule has 1 aromatic carbocycles. The van der Waals surface area contributed by atoms with E-state index in [1.807, 2.05) is 0 Å². The molecule has 0 radical (unpaired) electrons. The van der Waals surface area contributed by atoms with E-state index in [-0.39, 0.29) is 11.5 Å². The molecule has 1 atom stereocenters. The van der Waals surface area contributed by atoms with Gasteiger partial charge in [0.05, 0.1) is 12.3 Å². The number of carbonyl (C=O) groups excluding carboxylic acids is 1. The number of aliphatic hydroxyl groups is 1. The van der Waals surface area contributed by atoms with Crippen molar-refractivity contribution in [2.45, 2.75) is 13.2 Å². The molecular formula is C12H11ClN2O3. The van der Waals surface area contributed by atoms with E-state index in [0.717, 1.165) is 0 Å². The normalized spacial score (nSPS) is 18.6. The molecule has 0 spiro atoms. The van der Waals surface area contributed by atoms with Crippen LogP contribution in [0.25, 0.3) is 0 Å². The average Bonchev–Trinajstić information content (AvgIpc) is 2.67. The number of aliphatic hydroxyl groups excluding tert-OH is 1. The summed E-state index contributed by atoms with van der Waals surface area (Å²) in [5.74, 6) is 1.75. The van der Waals surface area contributed by atoms with Gasteiger partial charge in [-0.1, -0.05) is 11.6 Å². The molecule has 0 amide bonds. The highest BCUT2D eigenvalue weighted by molar-refractivity contribution is 6.30. The van der Waals surface area contributed by atoms with E-state index < -0.39 is 6.23 Å². The molecule has 0 saturated heterocycles. The zero-order valence-electron chi connectivity index (χ0n) is 9.63. The van der Waals surface area contributed by atoms with Gasteiger partial charge in [0.25, 0.3) is 5.90 Å². The topological polar surface area (TPSA) is 62.1 Å². The third kappa shape index (κ3) is 2.24. The molecule has 1 N–H and O–H groups in total. The van der Waals surface area contributed by atoms with Crippen LogP contribution >= 0.6 is 11.6 Å². The Morgan fingerprint density at radius 2 is 2.17 bits per heavy atom. The molecule has 0 fully saturated rings. The zero-order chi connectivity index (χ0) is 13.1. The lowest BCUT2D eigenvalue weighted by Crippen LogP contribution is -2.27. The van der Waals surface area contributed by atoms with Crippen LogP contribution in [-0.4, -0.2) is 29.8 Å². The molecule has 94 valence electrons. The van der Waals surface area contributed by atoms with Crippen LogP contribution in [0.4, 0.5) is 5.69 Å². The third-order valence-corrected chi connectivity index (χ3v) is 2.65. The van der Waals surface area contributed by atoms with Crippen molar-refractivity contribution in [1.29, 1.82) is 0 Å². The highest BCUT2D eigenvalue weighted by Gasteiger charge is 2.33. The number of ether oxygens (including phenoxy) is 1. The second-order valence-corrected chi connectivity index (χ2v) is 3.98. The van der Waals surface area contributed by atoms with Crippen molar-refractivity contribution in [3.05, 3.63) is 34.9 Å². The summed E-state index contributed by atoms with van der Waals surface area (Å²) in [4.78, 5) is 10.8. The van der Waals surface area contributed by atoms with Gasteiger partial charge in [0.1, 0.15) is 5.94 Å². The number of rotatable bonds is 2. The summed E-state index contributed by atoms with van der Waals surface area (Å²) < 4.78 is 5.17. The summed E-state index contributed by atoms with van der Waals surface area (Å²) in [6.07, 6.45) is -1.19. The first-order chi connectivity index (χ1) is 8.67. The lowest BCUT2D eigenvalue weighted by Gasteiger charge is -2.17. The fourth-order valence-electron chi connectivity index (χ4n) is 1.57. The van der Waals surface area contributed by atoms with Gasteiger partial charge in [0.15, 0.2) is 11.8 Å². The van der Waals surface area contributed by atoms with Crippen LogP contribution in [0, 0.1) is 0 Å². The molecule has 1 unspecified atom stereocenters. The lowest BCUT2D eigenvalue weighted by atomic mass is 10.2. The zero-order valence-corrected chi connectivity index (χ0v) is 10.4. The Bertz CT molecular complexity index is 521. The predicted octanol–water partition coefficient (Wildman–Crippen LogP) is 1.59. The number of anilines is 1. The van der Waals surface area contributed by atoms with Crippen molar-refractivity contribution >= 4 is 29.1 Å². The van der Waals surface area contributed by atoms with Crippen LogP contribution in [0.5, 0.6) is 0 Å². The molecule has 0 bridgehead atoms. The smallest absolute Gasteiger partial charge is 0.250 e. The SMILES string of the molecule is CCOC1=NN(c2ccc(Cl)cc2)C(O)C1=C=O. The molecule has 2 rings (SSSR count). The summed E-state index contributed by atoms with van der Waals surface area (Å²) in [6, 6.07) is 6.71. The van der Waals surface area contributed by atoms with Crippen molar-refractivity contribution in [3.8, 4) is 0 Å². The van der Waals surface area contributed by atoms with E-state index in [0.29, 0.717) is 17.3 Å². The highest BCUT2D eigenvalue weighted by atomic mass is 35.5. The summed E-state index contributed by atoms with van der Waals surface area (Å²) in [5.41, 5.74) is 0.598. The van der Waals surface area contributed by atoms with Crippen molar-refractivity contribution in [2.75, 3.05) is 11.6 Å². The number of nitrogens with zero attached hydrogens (tertiary/aromatic N) is 2. The van der Waals surface area contributed by atoms with E-state index in [1.54, 1.807) is 37.1 Å². The maximum Gasteiger partial charge on any atom is 0.250 e. The Morgan fingerprint density at radius 1 is 1.50 bits per heavy atom. The quantitative estimate of drug-likeness (QED) is 0.826. The Balaban J connectivity index is 2.34. The Kier molecular flexibility index (Phi) is 3.67. The fraction of sp³-hybridized carbons (Fsp3) is 0.250. The van der Waals surface area contributed by atoms with Crippen molar-refractivity contribution in [3.63, 3.8) is 0 Å². The monoisotopic (exact) mass is 266 g/mol.